The van der Waals surface area contributed by atoms with E-state index in [0.29, 0.717) is 12.5 Å². The molecule has 26 heavy (non-hydrogen) atoms. The Kier molecular flexibility index (Phi) is 6.26. The Balaban J connectivity index is 1.53. The van der Waals surface area contributed by atoms with Crippen LogP contribution in [0.15, 0.2) is 0 Å². The fourth-order valence-electron chi connectivity index (χ4n) is 3.83. The lowest BCUT2D eigenvalue weighted by Gasteiger charge is -2.31. The van der Waals surface area contributed by atoms with Gasteiger partial charge in [0.1, 0.15) is 11.6 Å². The average Bonchev–Trinajstić information content (AvgIpc) is 2.98. The van der Waals surface area contributed by atoms with Crippen LogP contribution >= 0.6 is 0 Å². The highest BCUT2D eigenvalue weighted by atomic mass is 16.3. The molecule has 2 aliphatic rings. The van der Waals surface area contributed by atoms with Crippen LogP contribution in [-0.4, -0.2) is 93.4 Å². The summed E-state index contributed by atoms with van der Waals surface area (Å²) in [5, 5.41) is 18.5. The molecule has 0 saturated carbocycles. The van der Waals surface area contributed by atoms with Gasteiger partial charge in [-0.05, 0) is 38.8 Å². The highest BCUT2D eigenvalue weighted by Gasteiger charge is 2.27. The Hall–Kier alpha value is -1.51. The monoisotopic (exact) mass is 364 g/mol. The second-order valence-corrected chi connectivity index (χ2v) is 7.88. The standard InChI is InChI=1S/C18H32N6O2/c1-21(2)17(26)13-24-8-4-14(5-9-24)18-20-19-16(22(18)3)12-23-10-6-15(25)7-11-23/h14-15,25H,4-13H2,1-3H3. The van der Waals surface area contributed by atoms with Crippen molar-refractivity contribution in [3.8, 4) is 0 Å². The number of hydrogen-bond acceptors (Lipinski definition) is 6. The Labute approximate surface area is 155 Å². The third kappa shape index (κ3) is 4.61. The number of carbonyl (C=O) groups is 1. The lowest BCUT2D eigenvalue weighted by atomic mass is 9.96. The largest absolute Gasteiger partial charge is 0.393 e. The van der Waals surface area contributed by atoms with Gasteiger partial charge in [0.25, 0.3) is 0 Å². The summed E-state index contributed by atoms with van der Waals surface area (Å²) in [7, 11) is 5.67. The van der Waals surface area contributed by atoms with Crippen molar-refractivity contribution >= 4 is 5.91 Å². The predicted octanol–water partition coefficient (Wildman–Crippen LogP) is 0.0394. The number of aliphatic hydroxyl groups is 1. The van der Waals surface area contributed by atoms with Crippen LogP contribution in [0.25, 0.3) is 0 Å². The fourth-order valence-corrected chi connectivity index (χ4v) is 3.83. The van der Waals surface area contributed by atoms with Gasteiger partial charge < -0.3 is 14.6 Å². The quantitative estimate of drug-likeness (QED) is 0.795. The van der Waals surface area contributed by atoms with E-state index in [1.165, 1.54) is 0 Å². The molecule has 2 aliphatic heterocycles. The smallest absolute Gasteiger partial charge is 0.236 e. The Morgan fingerprint density at radius 2 is 1.69 bits per heavy atom. The van der Waals surface area contributed by atoms with Gasteiger partial charge in [0.15, 0.2) is 0 Å². The van der Waals surface area contributed by atoms with Crippen molar-refractivity contribution in [2.45, 2.75) is 44.2 Å². The molecule has 8 heteroatoms. The Morgan fingerprint density at radius 1 is 1.08 bits per heavy atom. The maximum absolute atomic E-state index is 11.9. The number of aromatic nitrogens is 3. The molecule has 0 atom stereocenters. The highest BCUT2D eigenvalue weighted by molar-refractivity contribution is 5.77. The molecule has 0 bridgehead atoms. The molecule has 2 fully saturated rings. The molecule has 1 N–H and O–H groups in total. The van der Waals surface area contributed by atoms with Crippen molar-refractivity contribution in [3.05, 3.63) is 11.6 Å². The summed E-state index contributed by atoms with van der Waals surface area (Å²) in [6, 6.07) is 0. The fraction of sp³-hybridized carbons (Fsp3) is 0.833. The molecule has 1 amide bonds. The number of amides is 1. The summed E-state index contributed by atoms with van der Waals surface area (Å²) in [4.78, 5) is 18.1. The highest BCUT2D eigenvalue weighted by Crippen LogP contribution is 2.27. The van der Waals surface area contributed by atoms with E-state index in [4.69, 9.17) is 0 Å². The second-order valence-electron chi connectivity index (χ2n) is 7.88. The zero-order valence-corrected chi connectivity index (χ0v) is 16.3. The molecule has 0 aromatic carbocycles. The lowest BCUT2D eigenvalue weighted by Crippen LogP contribution is -2.41. The van der Waals surface area contributed by atoms with Gasteiger partial charge >= 0.3 is 0 Å². The van der Waals surface area contributed by atoms with E-state index in [-0.39, 0.29) is 12.0 Å². The summed E-state index contributed by atoms with van der Waals surface area (Å²) < 4.78 is 2.15. The van der Waals surface area contributed by atoms with Crippen molar-refractivity contribution in [1.29, 1.82) is 0 Å². The number of carbonyl (C=O) groups excluding carboxylic acids is 1. The van der Waals surface area contributed by atoms with Gasteiger partial charge in [0, 0.05) is 40.2 Å². The van der Waals surface area contributed by atoms with Crippen molar-refractivity contribution < 1.29 is 9.90 Å². The molecule has 146 valence electrons. The SMILES string of the molecule is CN(C)C(=O)CN1CCC(c2nnc(CN3CCC(O)CC3)n2C)CC1. The molecule has 0 radical (unpaired) electrons. The van der Waals surface area contributed by atoms with Crippen LogP contribution < -0.4 is 0 Å². The molecule has 0 unspecified atom stereocenters. The lowest BCUT2D eigenvalue weighted by molar-refractivity contribution is -0.130. The first-order chi connectivity index (χ1) is 12.4. The molecule has 1 aromatic rings. The molecule has 8 nitrogen and oxygen atoms in total. The predicted molar refractivity (Wildman–Crippen MR) is 98.6 cm³/mol. The zero-order valence-electron chi connectivity index (χ0n) is 16.3. The number of rotatable bonds is 5. The van der Waals surface area contributed by atoms with Gasteiger partial charge in [0.05, 0.1) is 19.2 Å². The van der Waals surface area contributed by atoms with Crippen molar-refractivity contribution in [2.75, 3.05) is 46.8 Å². The number of likely N-dealkylation sites (N-methyl/N-ethyl adjacent to an activating group) is 1. The van der Waals surface area contributed by atoms with Gasteiger partial charge in [-0.25, -0.2) is 0 Å². The number of likely N-dealkylation sites (tertiary alicyclic amines) is 2. The van der Waals surface area contributed by atoms with E-state index < -0.39 is 0 Å². The molecule has 3 heterocycles. The van der Waals surface area contributed by atoms with Gasteiger partial charge in [0.2, 0.25) is 5.91 Å². The number of nitrogens with zero attached hydrogens (tertiary/aromatic N) is 6. The minimum absolute atomic E-state index is 0.147. The minimum atomic E-state index is -0.147. The topological polar surface area (TPSA) is 77.7 Å². The second kappa shape index (κ2) is 8.45. The average molecular weight is 364 g/mol. The Morgan fingerprint density at radius 3 is 2.31 bits per heavy atom. The third-order valence-corrected chi connectivity index (χ3v) is 5.73. The number of piperidine rings is 2. The number of aliphatic hydroxyl groups excluding tert-OH is 1. The summed E-state index contributed by atoms with van der Waals surface area (Å²) in [6.07, 6.45) is 3.57. The van der Waals surface area contributed by atoms with Crippen LogP contribution in [0.3, 0.4) is 0 Å². The van der Waals surface area contributed by atoms with Crippen LogP contribution in [0.2, 0.25) is 0 Å². The van der Waals surface area contributed by atoms with E-state index in [9.17, 15) is 9.90 Å². The van der Waals surface area contributed by atoms with Gasteiger partial charge in [-0.15, -0.1) is 10.2 Å². The minimum Gasteiger partial charge on any atom is -0.393 e. The van der Waals surface area contributed by atoms with Gasteiger partial charge in [-0.3, -0.25) is 14.6 Å². The van der Waals surface area contributed by atoms with E-state index in [2.05, 4.69) is 31.6 Å². The molecular formula is C18H32N6O2. The first-order valence-corrected chi connectivity index (χ1v) is 9.65. The van der Waals surface area contributed by atoms with E-state index in [0.717, 1.165) is 70.1 Å². The molecule has 0 spiro atoms. The van der Waals surface area contributed by atoms with E-state index in [1.54, 1.807) is 19.0 Å². The third-order valence-electron chi connectivity index (χ3n) is 5.73. The van der Waals surface area contributed by atoms with Gasteiger partial charge in [-0.2, -0.15) is 0 Å². The van der Waals surface area contributed by atoms with Crippen molar-refractivity contribution in [3.63, 3.8) is 0 Å². The molecule has 3 rings (SSSR count). The maximum atomic E-state index is 11.9. The van der Waals surface area contributed by atoms with Crippen LogP contribution in [0, 0.1) is 0 Å². The van der Waals surface area contributed by atoms with E-state index in [1.807, 2.05) is 0 Å². The first kappa shape index (κ1) is 19.3. The maximum Gasteiger partial charge on any atom is 0.236 e. The van der Waals surface area contributed by atoms with Crippen LogP contribution in [0.1, 0.15) is 43.3 Å². The molecule has 2 saturated heterocycles. The van der Waals surface area contributed by atoms with Crippen molar-refractivity contribution in [2.24, 2.45) is 7.05 Å². The Bertz CT molecular complexity index is 601. The number of hydrogen-bond donors (Lipinski definition) is 1. The summed E-state index contributed by atoms with van der Waals surface area (Å²) >= 11 is 0. The van der Waals surface area contributed by atoms with Crippen molar-refractivity contribution in [1.82, 2.24) is 29.5 Å². The first-order valence-electron chi connectivity index (χ1n) is 9.65. The zero-order chi connectivity index (χ0) is 18.7. The normalized spacial score (nSPS) is 21.2. The van der Waals surface area contributed by atoms with Crippen LogP contribution in [0.4, 0.5) is 0 Å². The van der Waals surface area contributed by atoms with Crippen LogP contribution in [0.5, 0.6) is 0 Å². The molecule has 0 aliphatic carbocycles. The molecular weight excluding hydrogens is 332 g/mol. The van der Waals surface area contributed by atoms with Crippen LogP contribution in [-0.2, 0) is 18.4 Å². The van der Waals surface area contributed by atoms with Gasteiger partial charge in [-0.1, -0.05) is 0 Å². The summed E-state index contributed by atoms with van der Waals surface area (Å²) in [5.74, 6) is 2.64. The van der Waals surface area contributed by atoms with E-state index >= 15 is 0 Å². The molecule has 1 aromatic heterocycles. The summed E-state index contributed by atoms with van der Waals surface area (Å²) in [6.45, 7) is 4.99. The summed E-state index contributed by atoms with van der Waals surface area (Å²) in [5.41, 5.74) is 0.